The highest BCUT2D eigenvalue weighted by Gasteiger charge is 2.27. The fraction of sp³-hybridized carbons (Fsp3) is 0.700. The van der Waals surface area contributed by atoms with Gasteiger partial charge in [0.25, 0.3) is 0 Å². The molecular weight excluding hydrogens is 288 g/mol. The second-order valence-electron chi connectivity index (χ2n) is 4.42. The van der Waals surface area contributed by atoms with E-state index in [1.807, 2.05) is 0 Å². The summed E-state index contributed by atoms with van der Waals surface area (Å²) in [5.74, 6) is -1.17. The van der Waals surface area contributed by atoms with Gasteiger partial charge in [0.2, 0.25) is 10.0 Å². The third-order valence-corrected chi connectivity index (χ3v) is 4.96. The minimum atomic E-state index is -3.37. The Kier molecular flexibility index (Phi) is 4.68. The summed E-state index contributed by atoms with van der Waals surface area (Å²) in [4.78, 5) is 10.6. The van der Waals surface area contributed by atoms with Crippen LogP contribution in [0.5, 0.6) is 0 Å². The predicted octanol–water partition coefficient (Wildman–Crippen LogP) is -0.925. The summed E-state index contributed by atoms with van der Waals surface area (Å²) < 4.78 is 32.9. The number of nitrogens with one attached hydrogen (secondary N) is 1. The molecule has 0 atom stereocenters. The number of sulfonamides is 1. The molecule has 20 heavy (non-hydrogen) atoms. The maximum Gasteiger partial charge on any atom is 0.358 e. The smallest absolute Gasteiger partial charge is 0.358 e. The van der Waals surface area contributed by atoms with Crippen LogP contribution < -0.4 is 4.72 Å². The lowest BCUT2D eigenvalue weighted by molar-refractivity contribution is 0.0690. The standard InChI is InChI=1S/C10H16N4O5S/c15-10(16)9-7-14(13-12-9)4-3-11-20(17,18)8-1-5-19-6-2-8/h7-8,11H,1-6H2,(H,15,16). The van der Waals surface area contributed by atoms with E-state index < -0.39 is 21.2 Å². The first-order valence-corrected chi connectivity index (χ1v) is 7.73. The Morgan fingerprint density at radius 1 is 1.50 bits per heavy atom. The van der Waals surface area contributed by atoms with Gasteiger partial charge in [0.05, 0.1) is 18.0 Å². The predicted molar refractivity (Wildman–Crippen MR) is 67.7 cm³/mol. The van der Waals surface area contributed by atoms with Crippen LogP contribution in [0, 0.1) is 0 Å². The highest BCUT2D eigenvalue weighted by Crippen LogP contribution is 2.14. The van der Waals surface area contributed by atoms with Crippen LogP contribution in [0.4, 0.5) is 0 Å². The lowest BCUT2D eigenvalue weighted by atomic mass is 10.2. The van der Waals surface area contributed by atoms with Crippen molar-refractivity contribution in [3.8, 4) is 0 Å². The highest BCUT2D eigenvalue weighted by atomic mass is 32.2. The Morgan fingerprint density at radius 2 is 2.20 bits per heavy atom. The van der Waals surface area contributed by atoms with Gasteiger partial charge in [-0.2, -0.15) is 0 Å². The maximum atomic E-state index is 12.0. The first-order valence-electron chi connectivity index (χ1n) is 6.18. The van der Waals surface area contributed by atoms with Crippen LogP contribution in [0.2, 0.25) is 0 Å². The van der Waals surface area contributed by atoms with Gasteiger partial charge in [-0.25, -0.2) is 17.9 Å². The van der Waals surface area contributed by atoms with Crippen molar-refractivity contribution in [2.75, 3.05) is 19.8 Å². The zero-order chi connectivity index (χ0) is 14.6. The molecule has 9 nitrogen and oxygen atoms in total. The van der Waals surface area contributed by atoms with Crippen LogP contribution in [-0.4, -0.2) is 59.5 Å². The van der Waals surface area contributed by atoms with E-state index in [-0.39, 0.29) is 18.8 Å². The van der Waals surface area contributed by atoms with Gasteiger partial charge in [0, 0.05) is 19.8 Å². The molecule has 2 rings (SSSR count). The summed E-state index contributed by atoms with van der Waals surface area (Å²) in [6.45, 7) is 1.28. The number of rotatable bonds is 6. The fourth-order valence-electron chi connectivity index (χ4n) is 1.91. The van der Waals surface area contributed by atoms with E-state index in [4.69, 9.17) is 9.84 Å². The van der Waals surface area contributed by atoms with Crippen molar-refractivity contribution in [3.05, 3.63) is 11.9 Å². The highest BCUT2D eigenvalue weighted by molar-refractivity contribution is 7.90. The lowest BCUT2D eigenvalue weighted by Crippen LogP contribution is -2.39. The van der Waals surface area contributed by atoms with Gasteiger partial charge < -0.3 is 9.84 Å². The van der Waals surface area contributed by atoms with Crippen LogP contribution in [0.3, 0.4) is 0 Å². The second kappa shape index (κ2) is 6.29. The Morgan fingerprint density at radius 3 is 2.80 bits per heavy atom. The molecule has 0 radical (unpaired) electrons. The third kappa shape index (κ3) is 3.74. The SMILES string of the molecule is O=C(O)c1cn(CCNS(=O)(=O)C2CCOCC2)nn1. The van der Waals surface area contributed by atoms with Crippen molar-refractivity contribution in [1.82, 2.24) is 19.7 Å². The molecule has 10 heteroatoms. The van der Waals surface area contributed by atoms with E-state index in [1.165, 1.54) is 10.9 Å². The van der Waals surface area contributed by atoms with Crippen LogP contribution >= 0.6 is 0 Å². The van der Waals surface area contributed by atoms with Crippen LogP contribution in [0.15, 0.2) is 6.20 Å². The Labute approximate surface area is 116 Å². The number of aromatic carboxylic acids is 1. The van der Waals surface area contributed by atoms with Crippen LogP contribution in [-0.2, 0) is 21.3 Å². The fourth-order valence-corrected chi connectivity index (χ4v) is 3.34. The van der Waals surface area contributed by atoms with Crippen LogP contribution in [0.1, 0.15) is 23.3 Å². The van der Waals surface area contributed by atoms with Gasteiger partial charge >= 0.3 is 5.97 Å². The summed E-state index contributed by atoms with van der Waals surface area (Å²) >= 11 is 0. The number of carboxylic acids is 1. The number of hydrogen-bond acceptors (Lipinski definition) is 6. The number of nitrogens with zero attached hydrogens (tertiary/aromatic N) is 3. The summed E-state index contributed by atoms with van der Waals surface area (Å²) in [5, 5.41) is 15.3. The monoisotopic (exact) mass is 304 g/mol. The number of aromatic nitrogens is 3. The summed E-state index contributed by atoms with van der Waals surface area (Å²) in [6, 6.07) is 0. The number of hydrogen-bond donors (Lipinski definition) is 2. The minimum Gasteiger partial charge on any atom is -0.476 e. The van der Waals surface area contributed by atoms with Gasteiger partial charge in [-0.05, 0) is 12.8 Å². The minimum absolute atomic E-state index is 0.141. The van der Waals surface area contributed by atoms with Gasteiger partial charge in [-0.1, -0.05) is 5.21 Å². The van der Waals surface area contributed by atoms with E-state index in [0.717, 1.165) is 0 Å². The summed E-state index contributed by atoms with van der Waals surface area (Å²) in [6.07, 6.45) is 2.23. The van der Waals surface area contributed by atoms with E-state index >= 15 is 0 Å². The third-order valence-electron chi connectivity index (χ3n) is 3.01. The molecule has 1 fully saturated rings. The topological polar surface area (TPSA) is 123 Å². The van der Waals surface area contributed by atoms with E-state index in [0.29, 0.717) is 26.1 Å². The maximum absolute atomic E-state index is 12.0. The van der Waals surface area contributed by atoms with Crippen molar-refractivity contribution in [2.45, 2.75) is 24.6 Å². The molecular formula is C10H16N4O5S. The molecule has 2 N–H and O–H groups in total. The molecule has 0 amide bonds. The normalized spacial score (nSPS) is 17.2. The van der Waals surface area contributed by atoms with Crippen molar-refractivity contribution in [1.29, 1.82) is 0 Å². The van der Waals surface area contributed by atoms with Crippen molar-refractivity contribution < 1.29 is 23.1 Å². The van der Waals surface area contributed by atoms with Crippen molar-refractivity contribution in [2.24, 2.45) is 0 Å². The van der Waals surface area contributed by atoms with E-state index in [2.05, 4.69) is 15.0 Å². The summed E-state index contributed by atoms with van der Waals surface area (Å²) in [7, 11) is -3.37. The second-order valence-corrected chi connectivity index (χ2v) is 6.47. The molecule has 0 aliphatic carbocycles. The average molecular weight is 304 g/mol. The molecule has 2 heterocycles. The van der Waals surface area contributed by atoms with Crippen molar-refractivity contribution in [3.63, 3.8) is 0 Å². The molecule has 0 aromatic carbocycles. The Hall–Kier alpha value is -1.52. The molecule has 1 aliphatic rings. The van der Waals surface area contributed by atoms with Crippen LogP contribution in [0.25, 0.3) is 0 Å². The largest absolute Gasteiger partial charge is 0.476 e. The number of carbonyl (C=O) groups is 1. The molecule has 112 valence electrons. The molecule has 0 bridgehead atoms. The Bertz CT molecular complexity index is 564. The summed E-state index contributed by atoms with van der Waals surface area (Å²) in [5.41, 5.74) is -0.169. The van der Waals surface area contributed by atoms with Gasteiger partial charge in [-0.3, -0.25) is 4.68 Å². The zero-order valence-electron chi connectivity index (χ0n) is 10.7. The molecule has 1 aliphatic heterocycles. The molecule has 0 unspecified atom stereocenters. The quantitative estimate of drug-likeness (QED) is 0.696. The zero-order valence-corrected chi connectivity index (χ0v) is 11.5. The van der Waals surface area contributed by atoms with Crippen molar-refractivity contribution >= 4 is 16.0 Å². The first kappa shape index (κ1) is 14.9. The first-order chi connectivity index (χ1) is 9.49. The lowest BCUT2D eigenvalue weighted by Gasteiger charge is -2.22. The number of ether oxygens (including phenoxy) is 1. The Balaban J connectivity index is 1.83. The van der Waals surface area contributed by atoms with Gasteiger partial charge in [0.15, 0.2) is 5.69 Å². The average Bonchev–Trinajstić information content (AvgIpc) is 2.89. The van der Waals surface area contributed by atoms with Gasteiger partial charge in [-0.15, -0.1) is 5.10 Å². The van der Waals surface area contributed by atoms with E-state index in [1.54, 1.807) is 0 Å². The number of carboxylic acid groups (broad SMARTS) is 1. The molecule has 0 saturated carbocycles. The van der Waals surface area contributed by atoms with Gasteiger partial charge in [0.1, 0.15) is 0 Å². The molecule has 1 aromatic rings. The molecule has 1 aromatic heterocycles. The molecule has 1 saturated heterocycles. The molecule has 0 spiro atoms. The van der Waals surface area contributed by atoms with E-state index in [9.17, 15) is 13.2 Å².